The van der Waals surface area contributed by atoms with Crippen LogP contribution in [0.3, 0.4) is 0 Å². The molecule has 0 spiro atoms. The van der Waals surface area contributed by atoms with Crippen molar-refractivity contribution in [2.24, 2.45) is 0 Å². The van der Waals surface area contributed by atoms with Crippen molar-refractivity contribution in [1.82, 2.24) is 0 Å². The van der Waals surface area contributed by atoms with Crippen LogP contribution in [0.1, 0.15) is 0 Å². The van der Waals surface area contributed by atoms with Gasteiger partial charge in [0.05, 0.1) is 39.6 Å². The Morgan fingerprint density at radius 3 is 1.18 bits per heavy atom. The van der Waals surface area contributed by atoms with Gasteiger partial charge in [0.1, 0.15) is 123 Å². The van der Waals surface area contributed by atoms with E-state index in [0.29, 0.717) is 0 Å². The third-order valence-corrected chi connectivity index (χ3v) is 9.85. The highest BCUT2D eigenvalue weighted by Crippen LogP contribution is 2.36. The van der Waals surface area contributed by atoms with Crippen LogP contribution in [0.5, 0.6) is 0 Å². The molecule has 57 heavy (non-hydrogen) atoms. The molecule has 5 fully saturated rings. The van der Waals surface area contributed by atoms with Crippen LogP contribution >= 0.6 is 0 Å². The normalized spacial score (nSPS) is 50.1. The molecule has 5 heterocycles. The summed E-state index contributed by atoms with van der Waals surface area (Å²) in [4.78, 5) is 0. The molecule has 0 aromatic heterocycles. The van der Waals surface area contributed by atoms with E-state index < -0.39 is 174 Å². The molecular formula is C30H56O27. The summed E-state index contributed by atoms with van der Waals surface area (Å²) in [7, 11) is 0. The zero-order chi connectivity index (χ0) is 43.1. The Bertz CT molecular complexity index is 1140. The number of ether oxygens (including phenoxy) is 7. The van der Waals surface area contributed by atoms with E-state index in [0.717, 1.165) is 0 Å². The van der Waals surface area contributed by atoms with Crippen molar-refractivity contribution in [3.05, 3.63) is 0 Å². The maximum absolute atomic E-state index is 10.00. The highest BCUT2D eigenvalue weighted by atomic mass is 16.8. The summed E-state index contributed by atoms with van der Waals surface area (Å²) in [5.41, 5.74) is 0. The second-order valence-electron chi connectivity index (χ2n) is 13.7. The Morgan fingerprint density at radius 1 is 0.368 bits per heavy atom. The molecule has 5 unspecified atom stereocenters. The van der Waals surface area contributed by atoms with Crippen molar-refractivity contribution >= 4 is 0 Å². The Kier molecular flexibility index (Phi) is 19.5. The topological polar surface area (TPSA) is 469 Å². The lowest BCUT2D eigenvalue weighted by Gasteiger charge is -2.43. The fraction of sp³-hybridized carbons (Fsp3) is 1.00. The van der Waals surface area contributed by atoms with Gasteiger partial charge in [0.25, 0.3) is 0 Å². The maximum Gasteiger partial charge on any atom is 0.224 e. The summed E-state index contributed by atoms with van der Waals surface area (Å²) in [5, 5.41) is 188. The molecule has 5 aliphatic heterocycles. The molecule has 5 saturated heterocycles. The van der Waals surface area contributed by atoms with Gasteiger partial charge in [-0.1, -0.05) is 0 Å². The molecule has 0 aromatic carbocycles. The zero-order valence-electron chi connectivity index (χ0n) is 30.0. The van der Waals surface area contributed by atoms with Crippen molar-refractivity contribution in [3.8, 4) is 0 Å². The van der Waals surface area contributed by atoms with Crippen LogP contribution < -0.4 is 0 Å². The van der Waals surface area contributed by atoms with Crippen molar-refractivity contribution in [2.75, 3.05) is 46.2 Å². The molecule has 0 aromatic rings. The fourth-order valence-electron chi connectivity index (χ4n) is 6.22. The predicted octanol–water partition coefficient (Wildman–Crippen LogP) is -13.3. The SMILES string of the molecule is OCC1OC(OC[C@H]2O[C@H](O)[C@H](O)[C@@H](O)C2O)[C@H](O)[C@@H](O)[C@H]1O.OCC1O[C@H](CO)[C@@H](O)[C@@H]1O.OC[C@H]1OC(CO)(O[C@H]2O[C@H](CO)[C@@H](O)[C@H](O)[C@H]2O)[C@@H](O)[C@@H]1O. The number of hydrogen-bond acceptors (Lipinski definition) is 27. The van der Waals surface area contributed by atoms with Crippen molar-refractivity contribution in [3.63, 3.8) is 0 Å². The second-order valence-corrected chi connectivity index (χ2v) is 13.7. The molecule has 20 N–H and O–H groups in total. The number of hydrogen-bond donors (Lipinski definition) is 20. The molecule has 0 bridgehead atoms. The van der Waals surface area contributed by atoms with Gasteiger partial charge >= 0.3 is 0 Å². The highest BCUT2D eigenvalue weighted by molar-refractivity contribution is 4.99. The third-order valence-electron chi connectivity index (χ3n) is 9.85. The molecular weight excluding hydrogens is 792 g/mol. The summed E-state index contributed by atoms with van der Waals surface area (Å²) >= 11 is 0. The first kappa shape index (κ1) is 50.3. The molecule has 5 aliphatic rings. The minimum absolute atomic E-state index is 0.352. The number of aliphatic hydroxyl groups is 20. The van der Waals surface area contributed by atoms with Crippen LogP contribution in [0.4, 0.5) is 0 Å². The Morgan fingerprint density at radius 2 is 0.754 bits per heavy atom. The van der Waals surface area contributed by atoms with Gasteiger partial charge in [-0.05, 0) is 0 Å². The quantitative estimate of drug-likeness (QED) is 0.0918. The summed E-state index contributed by atoms with van der Waals surface area (Å²) in [6, 6.07) is 0. The first-order valence-electron chi connectivity index (χ1n) is 17.6. The summed E-state index contributed by atoms with van der Waals surface area (Å²) in [5.74, 6) is -2.22. The van der Waals surface area contributed by atoms with Crippen molar-refractivity contribution in [2.45, 2.75) is 141 Å². The van der Waals surface area contributed by atoms with Gasteiger partial charge in [-0.25, -0.2) is 0 Å². The van der Waals surface area contributed by atoms with E-state index in [9.17, 15) is 66.4 Å². The second kappa shape index (κ2) is 22.1. The van der Waals surface area contributed by atoms with Crippen molar-refractivity contribution < 1.29 is 135 Å². The van der Waals surface area contributed by atoms with Crippen molar-refractivity contribution in [1.29, 1.82) is 0 Å². The fourth-order valence-corrected chi connectivity index (χ4v) is 6.22. The molecule has 0 aliphatic carbocycles. The molecule has 5 rings (SSSR count). The predicted molar refractivity (Wildman–Crippen MR) is 172 cm³/mol. The Labute approximate surface area is 322 Å². The summed E-state index contributed by atoms with van der Waals surface area (Å²) in [6.07, 6.45) is -31.7. The lowest BCUT2D eigenvalue weighted by molar-refractivity contribution is -0.383. The monoisotopic (exact) mass is 848 g/mol. The van der Waals surface area contributed by atoms with E-state index in [1.165, 1.54) is 0 Å². The first-order valence-corrected chi connectivity index (χ1v) is 17.6. The zero-order valence-corrected chi connectivity index (χ0v) is 30.0. The number of rotatable bonds is 11. The first-order chi connectivity index (χ1) is 26.8. The maximum atomic E-state index is 10.00. The minimum Gasteiger partial charge on any atom is -0.394 e. The van der Waals surface area contributed by atoms with E-state index >= 15 is 0 Å². The molecule has 27 nitrogen and oxygen atoms in total. The standard InChI is InChI=1S/2C12H22O11.C6H12O5/c13-1-4-6(16)8(18)9(19)11(21-4)23-12(3-15)10(20)7(17)5(2-14)22-12;13-1-3-5(14)8(17)10(19)12(23-3)21-2-4-6(15)7(16)9(18)11(20)22-4;7-1-3-5(9)6(10)4(2-8)11-3/h4-11,13-20H,1-3H2;3-20H,1-2H2;3-10H,1-2H2/t4-,5-,6-,7-,8+,9-,10+,11-,12?;3?,4-,5+,6?,7+,8+,9-,10-,11+,12?;3-,4?,5-,6-/m111/s1. The lowest BCUT2D eigenvalue weighted by Crippen LogP contribution is -2.62. The largest absolute Gasteiger partial charge is 0.394 e. The molecule has 338 valence electrons. The number of aliphatic hydroxyl groups excluding tert-OH is 20. The van der Waals surface area contributed by atoms with Crippen LogP contribution in [0.2, 0.25) is 0 Å². The Balaban J connectivity index is 0.000000244. The van der Waals surface area contributed by atoms with Gasteiger partial charge < -0.3 is 135 Å². The molecule has 0 radical (unpaired) electrons. The molecule has 0 saturated carbocycles. The van der Waals surface area contributed by atoms with Crippen LogP contribution in [0.25, 0.3) is 0 Å². The van der Waals surface area contributed by atoms with Gasteiger partial charge in [0.15, 0.2) is 18.9 Å². The minimum atomic E-state index is -2.22. The third kappa shape index (κ3) is 11.3. The van der Waals surface area contributed by atoms with Gasteiger partial charge in [0.2, 0.25) is 5.79 Å². The van der Waals surface area contributed by atoms with Gasteiger partial charge in [-0.2, -0.15) is 0 Å². The van der Waals surface area contributed by atoms with Crippen LogP contribution in [-0.2, 0) is 33.2 Å². The average Bonchev–Trinajstić information content (AvgIpc) is 3.63. The average molecular weight is 849 g/mol. The van der Waals surface area contributed by atoms with Gasteiger partial charge in [-0.3, -0.25) is 0 Å². The van der Waals surface area contributed by atoms with E-state index in [1.54, 1.807) is 0 Å². The van der Waals surface area contributed by atoms with Crippen LogP contribution in [-0.4, -0.2) is 289 Å². The molecule has 27 heteroatoms. The van der Waals surface area contributed by atoms with Crippen LogP contribution in [0, 0.1) is 0 Å². The van der Waals surface area contributed by atoms with Crippen LogP contribution in [0.15, 0.2) is 0 Å². The molecule has 23 atom stereocenters. The van der Waals surface area contributed by atoms with E-state index in [2.05, 4.69) is 0 Å². The van der Waals surface area contributed by atoms with E-state index in [-0.39, 0.29) is 13.2 Å². The van der Waals surface area contributed by atoms with Gasteiger partial charge in [0, 0.05) is 0 Å². The van der Waals surface area contributed by atoms with E-state index in [1.807, 2.05) is 0 Å². The smallest absolute Gasteiger partial charge is 0.224 e. The lowest BCUT2D eigenvalue weighted by atomic mass is 9.98. The van der Waals surface area contributed by atoms with Gasteiger partial charge in [-0.15, -0.1) is 0 Å². The highest BCUT2D eigenvalue weighted by Gasteiger charge is 2.58. The summed E-state index contributed by atoms with van der Waals surface area (Å²) < 4.78 is 35.4. The Hall–Kier alpha value is -1.08. The van der Waals surface area contributed by atoms with E-state index in [4.69, 9.17) is 68.9 Å². The summed E-state index contributed by atoms with van der Waals surface area (Å²) in [6.45, 7) is -4.12. The molecule has 0 amide bonds.